The number of rotatable bonds is 6. The van der Waals surface area contributed by atoms with E-state index in [1.807, 2.05) is 60.7 Å². The van der Waals surface area contributed by atoms with E-state index in [0.29, 0.717) is 12.2 Å². The first kappa shape index (κ1) is 16.7. The third kappa shape index (κ3) is 4.67. The zero-order valence-corrected chi connectivity index (χ0v) is 13.7. The van der Waals surface area contributed by atoms with Gasteiger partial charge in [0.1, 0.15) is 5.82 Å². The van der Waals surface area contributed by atoms with Crippen LogP contribution >= 0.6 is 0 Å². The van der Waals surface area contributed by atoms with Gasteiger partial charge in [-0.25, -0.2) is 4.39 Å². The highest BCUT2D eigenvalue weighted by molar-refractivity contribution is 5.96. The molecule has 0 aliphatic carbocycles. The standard InChI is InChI=1S/C21H19FN2O/c22-18-10-7-11-19(14-18)23-15-21(25)24(20-12-5-2-6-13-20)16-17-8-3-1-4-9-17/h1-14,23H,15-16H2. The average molecular weight is 334 g/mol. The second-order valence-electron chi connectivity index (χ2n) is 5.66. The van der Waals surface area contributed by atoms with Crippen molar-refractivity contribution < 1.29 is 9.18 Å². The van der Waals surface area contributed by atoms with Gasteiger partial charge >= 0.3 is 0 Å². The van der Waals surface area contributed by atoms with Crippen molar-refractivity contribution in [3.8, 4) is 0 Å². The van der Waals surface area contributed by atoms with Crippen LogP contribution < -0.4 is 10.2 Å². The van der Waals surface area contributed by atoms with Crippen LogP contribution in [0.1, 0.15) is 5.56 Å². The molecular formula is C21H19FN2O. The van der Waals surface area contributed by atoms with Crippen LogP contribution in [0, 0.1) is 5.82 Å². The second kappa shape index (κ2) is 8.11. The van der Waals surface area contributed by atoms with Crippen LogP contribution in [0.4, 0.5) is 15.8 Å². The Morgan fingerprint density at radius 3 is 2.24 bits per heavy atom. The highest BCUT2D eigenvalue weighted by atomic mass is 19.1. The lowest BCUT2D eigenvalue weighted by Crippen LogP contribution is -2.35. The molecule has 0 aromatic heterocycles. The molecular weight excluding hydrogens is 315 g/mol. The second-order valence-corrected chi connectivity index (χ2v) is 5.66. The minimum atomic E-state index is -0.332. The predicted octanol–water partition coefficient (Wildman–Crippen LogP) is 4.47. The first-order chi connectivity index (χ1) is 12.2. The van der Waals surface area contributed by atoms with Crippen molar-refractivity contribution in [1.82, 2.24) is 0 Å². The van der Waals surface area contributed by atoms with Crippen molar-refractivity contribution in [1.29, 1.82) is 0 Å². The first-order valence-corrected chi connectivity index (χ1v) is 8.11. The maximum absolute atomic E-state index is 13.3. The Labute approximate surface area is 146 Å². The molecule has 1 amide bonds. The molecule has 3 rings (SSSR count). The van der Waals surface area contributed by atoms with Crippen molar-refractivity contribution in [2.24, 2.45) is 0 Å². The van der Waals surface area contributed by atoms with Crippen molar-refractivity contribution in [2.45, 2.75) is 6.54 Å². The van der Waals surface area contributed by atoms with Gasteiger partial charge in [-0.15, -0.1) is 0 Å². The van der Waals surface area contributed by atoms with Crippen molar-refractivity contribution in [3.05, 3.63) is 96.3 Å². The third-order valence-corrected chi connectivity index (χ3v) is 3.82. The Hall–Kier alpha value is -3.14. The highest BCUT2D eigenvalue weighted by Crippen LogP contribution is 2.17. The summed E-state index contributed by atoms with van der Waals surface area (Å²) in [7, 11) is 0. The number of benzene rings is 3. The Balaban J connectivity index is 1.75. The van der Waals surface area contributed by atoms with Gasteiger partial charge in [-0.2, -0.15) is 0 Å². The minimum absolute atomic E-state index is 0.0840. The van der Waals surface area contributed by atoms with Crippen LogP contribution in [0.25, 0.3) is 0 Å². The van der Waals surface area contributed by atoms with E-state index in [2.05, 4.69) is 5.32 Å². The van der Waals surface area contributed by atoms with E-state index in [1.54, 1.807) is 17.0 Å². The number of amides is 1. The number of carbonyl (C=O) groups excluding carboxylic acids is 1. The summed E-state index contributed by atoms with van der Waals surface area (Å²) < 4.78 is 13.3. The molecule has 0 fully saturated rings. The van der Waals surface area contributed by atoms with Crippen LogP contribution in [0.15, 0.2) is 84.9 Å². The van der Waals surface area contributed by atoms with Gasteiger partial charge in [0.25, 0.3) is 0 Å². The fraction of sp³-hybridized carbons (Fsp3) is 0.0952. The normalized spacial score (nSPS) is 10.3. The molecule has 0 atom stereocenters. The number of hydrogen-bond donors (Lipinski definition) is 1. The largest absolute Gasteiger partial charge is 0.376 e. The van der Waals surface area contributed by atoms with Crippen LogP contribution in [0.3, 0.4) is 0 Å². The molecule has 25 heavy (non-hydrogen) atoms. The number of halogens is 1. The summed E-state index contributed by atoms with van der Waals surface area (Å²) in [6.07, 6.45) is 0. The SMILES string of the molecule is O=C(CNc1cccc(F)c1)N(Cc1ccccc1)c1ccccc1. The van der Waals surface area contributed by atoms with E-state index in [-0.39, 0.29) is 18.3 Å². The third-order valence-electron chi connectivity index (χ3n) is 3.82. The molecule has 0 spiro atoms. The fourth-order valence-electron chi connectivity index (χ4n) is 2.57. The lowest BCUT2D eigenvalue weighted by molar-refractivity contribution is -0.117. The molecule has 126 valence electrons. The van der Waals surface area contributed by atoms with Gasteiger partial charge in [-0.1, -0.05) is 54.6 Å². The smallest absolute Gasteiger partial charge is 0.246 e. The summed E-state index contributed by atoms with van der Waals surface area (Å²) >= 11 is 0. The number of para-hydroxylation sites is 1. The molecule has 1 N–H and O–H groups in total. The average Bonchev–Trinajstić information content (AvgIpc) is 2.66. The Kier molecular flexibility index (Phi) is 5.42. The minimum Gasteiger partial charge on any atom is -0.376 e. The van der Waals surface area contributed by atoms with Crippen molar-refractivity contribution in [3.63, 3.8) is 0 Å². The highest BCUT2D eigenvalue weighted by Gasteiger charge is 2.16. The van der Waals surface area contributed by atoms with E-state index in [1.165, 1.54) is 12.1 Å². The van der Waals surface area contributed by atoms with Crippen molar-refractivity contribution >= 4 is 17.3 Å². The summed E-state index contributed by atoms with van der Waals surface area (Å²) in [5.41, 5.74) is 2.46. The Morgan fingerprint density at radius 2 is 1.56 bits per heavy atom. The molecule has 0 bridgehead atoms. The molecule has 4 heteroatoms. The molecule has 3 aromatic carbocycles. The van der Waals surface area contributed by atoms with E-state index >= 15 is 0 Å². The topological polar surface area (TPSA) is 32.3 Å². The summed E-state index contributed by atoms with van der Waals surface area (Å²) in [5.74, 6) is -0.416. The number of anilines is 2. The number of hydrogen-bond acceptors (Lipinski definition) is 2. The summed E-state index contributed by atoms with van der Waals surface area (Å²) in [5, 5.41) is 2.99. The summed E-state index contributed by atoms with van der Waals surface area (Å²) in [6.45, 7) is 0.569. The maximum atomic E-state index is 13.3. The van der Waals surface area contributed by atoms with Gasteiger partial charge in [-0.05, 0) is 35.9 Å². The number of carbonyl (C=O) groups is 1. The monoisotopic (exact) mass is 334 g/mol. The molecule has 0 saturated heterocycles. The zero-order valence-electron chi connectivity index (χ0n) is 13.7. The van der Waals surface area contributed by atoms with Gasteiger partial charge in [0.2, 0.25) is 5.91 Å². The van der Waals surface area contributed by atoms with Crippen LogP contribution in [-0.4, -0.2) is 12.5 Å². The van der Waals surface area contributed by atoms with Crippen LogP contribution in [-0.2, 0) is 11.3 Å². The van der Waals surface area contributed by atoms with Gasteiger partial charge < -0.3 is 10.2 Å². The van der Waals surface area contributed by atoms with Crippen molar-refractivity contribution in [2.75, 3.05) is 16.8 Å². The Bertz CT molecular complexity index is 822. The zero-order chi connectivity index (χ0) is 17.5. The molecule has 0 unspecified atom stereocenters. The Morgan fingerprint density at radius 1 is 0.880 bits per heavy atom. The molecule has 3 nitrogen and oxygen atoms in total. The fourth-order valence-corrected chi connectivity index (χ4v) is 2.57. The first-order valence-electron chi connectivity index (χ1n) is 8.11. The molecule has 0 heterocycles. The maximum Gasteiger partial charge on any atom is 0.246 e. The van der Waals surface area contributed by atoms with Crippen LogP contribution in [0.5, 0.6) is 0 Å². The number of nitrogens with one attached hydrogen (secondary N) is 1. The molecule has 0 aliphatic heterocycles. The van der Waals surface area contributed by atoms with Crippen LogP contribution in [0.2, 0.25) is 0 Å². The van der Waals surface area contributed by atoms with E-state index in [4.69, 9.17) is 0 Å². The van der Waals surface area contributed by atoms with E-state index < -0.39 is 0 Å². The lowest BCUT2D eigenvalue weighted by Gasteiger charge is -2.23. The van der Waals surface area contributed by atoms with E-state index in [9.17, 15) is 9.18 Å². The van der Waals surface area contributed by atoms with Gasteiger partial charge in [-0.3, -0.25) is 4.79 Å². The molecule has 0 radical (unpaired) electrons. The summed E-state index contributed by atoms with van der Waals surface area (Å²) in [4.78, 5) is 14.5. The van der Waals surface area contributed by atoms with Gasteiger partial charge in [0, 0.05) is 11.4 Å². The predicted molar refractivity (Wildman–Crippen MR) is 99.0 cm³/mol. The van der Waals surface area contributed by atoms with Gasteiger partial charge in [0.05, 0.1) is 13.1 Å². The molecule has 3 aromatic rings. The lowest BCUT2D eigenvalue weighted by atomic mass is 10.2. The molecule has 0 saturated carbocycles. The summed E-state index contributed by atoms with van der Waals surface area (Å²) in [6, 6.07) is 25.5. The quantitative estimate of drug-likeness (QED) is 0.721. The van der Waals surface area contributed by atoms with E-state index in [0.717, 1.165) is 11.3 Å². The molecule has 0 aliphatic rings. The number of nitrogens with zero attached hydrogens (tertiary/aromatic N) is 1. The van der Waals surface area contributed by atoms with Gasteiger partial charge in [0.15, 0.2) is 0 Å².